The molecule has 0 bridgehead atoms. The fraction of sp³-hybridized carbons (Fsp3) is 0.545. The van der Waals surface area contributed by atoms with Crippen molar-refractivity contribution in [1.82, 2.24) is 4.98 Å². The summed E-state index contributed by atoms with van der Waals surface area (Å²) >= 11 is 0. The summed E-state index contributed by atoms with van der Waals surface area (Å²) in [6.45, 7) is 4.10. The number of aromatic amines is 1. The van der Waals surface area contributed by atoms with Crippen LogP contribution < -0.4 is 10.5 Å². The van der Waals surface area contributed by atoms with E-state index in [1.54, 1.807) is 6.07 Å². The van der Waals surface area contributed by atoms with Crippen LogP contribution >= 0.6 is 0 Å². The maximum absolute atomic E-state index is 11.3. The largest absolute Gasteiger partial charge is 0.371 e. The summed E-state index contributed by atoms with van der Waals surface area (Å²) in [5.41, 5.74) is 2.02. The van der Waals surface area contributed by atoms with Crippen LogP contribution in [0.5, 0.6) is 0 Å². The molecule has 3 nitrogen and oxygen atoms in total. The number of hydrogen-bond acceptors (Lipinski definition) is 2. The van der Waals surface area contributed by atoms with Crippen molar-refractivity contribution in [3.63, 3.8) is 0 Å². The standard InChI is InChI=1S/C11H16N2O/c1-9-7-10(8-11(14)12-9)13-5-3-2-4-6-13/h7-8H,2-6H2,1H3,(H,12,14). The Bertz CT molecular complexity index is 364. The summed E-state index contributed by atoms with van der Waals surface area (Å²) in [5, 5.41) is 0. The predicted molar refractivity (Wildman–Crippen MR) is 57.9 cm³/mol. The second kappa shape index (κ2) is 3.86. The first-order valence-corrected chi connectivity index (χ1v) is 5.21. The molecule has 0 spiro atoms. The minimum Gasteiger partial charge on any atom is -0.371 e. The van der Waals surface area contributed by atoms with Crippen LogP contribution in [-0.2, 0) is 0 Å². The number of hydrogen-bond donors (Lipinski definition) is 1. The van der Waals surface area contributed by atoms with Gasteiger partial charge in [-0.15, -0.1) is 0 Å². The number of aromatic nitrogens is 1. The van der Waals surface area contributed by atoms with Crippen LogP contribution in [0.15, 0.2) is 16.9 Å². The zero-order valence-electron chi connectivity index (χ0n) is 8.55. The van der Waals surface area contributed by atoms with Gasteiger partial charge in [0.25, 0.3) is 0 Å². The number of rotatable bonds is 1. The first-order valence-electron chi connectivity index (χ1n) is 5.21. The van der Waals surface area contributed by atoms with Crippen LogP contribution in [0.2, 0.25) is 0 Å². The van der Waals surface area contributed by atoms with E-state index in [1.165, 1.54) is 19.3 Å². The lowest BCUT2D eigenvalue weighted by Gasteiger charge is -2.28. The number of nitrogens with one attached hydrogen (secondary N) is 1. The molecule has 0 radical (unpaired) electrons. The molecule has 0 aliphatic carbocycles. The van der Waals surface area contributed by atoms with E-state index in [0.29, 0.717) is 0 Å². The van der Waals surface area contributed by atoms with Crippen molar-refractivity contribution in [1.29, 1.82) is 0 Å². The number of anilines is 1. The molecule has 1 saturated heterocycles. The van der Waals surface area contributed by atoms with Crippen LogP contribution in [0.4, 0.5) is 5.69 Å². The molecular formula is C11H16N2O. The van der Waals surface area contributed by atoms with Gasteiger partial charge in [-0.25, -0.2) is 0 Å². The monoisotopic (exact) mass is 192 g/mol. The molecule has 1 aromatic rings. The molecule has 3 heteroatoms. The third-order valence-corrected chi connectivity index (χ3v) is 2.68. The van der Waals surface area contributed by atoms with E-state index in [1.807, 2.05) is 13.0 Å². The second-order valence-corrected chi connectivity index (χ2v) is 3.93. The Balaban J connectivity index is 2.26. The van der Waals surface area contributed by atoms with Crippen molar-refractivity contribution in [3.05, 3.63) is 28.2 Å². The molecule has 1 aliphatic heterocycles. The Morgan fingerprint density at radius 2 is 1.93 bits per heavy atom. The normalized spacial score (nSPS) is 17.1. The molecule has 0 saturated carbocycles. The molecule has 0 aromatic carbocycles. The van der Waals surface area contributed by atoms with Gasteiger partial charge in [0.1, 0.15) is 0 Å². The van der Waals surface area contributed by atoms with Crippen molar-refractivity contribution in [2.24, 2.45) is 0 Å². The highest BCUT2D eigenvalue weighted by Crippen LogP contribution is 2.18. The summed E-state index contributed by atoms with van der Waals surface area (Å²) < 4.78 is 0. The van der Waals surface area contributed by atoms with Gasteiger partial charge in [0, 0.05) is 30.5 Å². The summed E-state index contributed by atoms with van der Waals surface area (Å²) in [4.78, 5) is 16.3. The van der Waals surface area contributed by atoms with Crippen LogP contribution in [0.3, 0.4) is 0 Å². The maximum Gasteiger partial charge on any atom is 0.250 e. The lowest BCUT2D eigenvalue weighted by atomic mass is 10.1. The second-order valence-electron chi connectivity index (χ2n) is 3.93. The van der Waals surface area contributed by atoms with Gasteiger partial charge < -0.3 is 9.88 Å². The Kier molecular flexibility index (Phi) is 2.57. The van der Waals surface area contributed by atoms with E-state index < -0.39 is 0 Å². The van der Waals surface area contributed by atoms with Crippen LogP contribution in [0, 0.1) is 6.92 Å². The van der Waals surface area contributed by atoms with Gasteiger partial charge in [-0.3, -0.25) is 4.79 Å². The zero-order chi connectivity index (χ0) is 9.97. The van der Waals surface area contributed by atoms with E-state index in [-0.39, 0.29) is 5.56 Å². The van der Waals surface area contributed by atoms with Crippen LogP contribution in [0.25, 0.3) is 0 Å². The van der Waals surface area contributed by atoms with Crippen molar-refractivity contribution in [2.75, 3.05) is 18.0 Å². The molecule has 1 aromatic heterocycles. The SMILES string of the molecule is Cc1cc(N2CCCCC2)cc(=O)[nH]1. The summed E-state index contributed by atoms with van der Waals surface area (Å²) in [6.07, 6.45) is 3.80. The quantitative estimate of drug-likeness (QED) is 0.734. The van der Waals surface area contributed by atoms with E-state index >= 15 is 0 Å². The van der Waals surface area contributed by atoms with Gasteiger partial charge in [0.2, 0.25) is 5.56 Å². The lowest BCUT2D eigenvalue weighted by Crippen LogP contribution is -2.30. The molecule has 14 heavy (non-hydrogen) atoms. The Labute approximate surface area is 83.8 Å². The van der Waals surface area contributed by atoms with E-state index in [4.69, 9.17) is 0 Å². The minimum absolute atomic E-state index is 0.00516. The average Bonchev–Trinajstić information content (AvgIpc) is 2.18. The maximum atomic E-state index is 11.3. The third-order valence-electron chi connectivity index (χ3n) is 2.68. The molecule has 2 heterocycles. The van der Waals surface area contributed by atoms with Crippen molar-refractivity contribution >= 4 is 5.69 Å². The van der Waals surface area contributed by atoms with Gasteiger partial charge >= 0.3 is 0 Å². The smallest absolute Gasteiger partial charge is 0.250 e. The number of nitrogens with zero attached hydrogens (tertiary/aromatic N) is 1. The summed E-state index contributed by atoms with van der Waals surface area (Å²) in [7, 11) is 0. The molecule has 76 valence electrons. The molecule has 1 N–H and O–H groups in total. The van der Waals surface area contributed by atoms with Gasteiger partial charge in [-0.2, -0.15) is 0 Å². The Hall–Kier alpha value is -1.25. The van der Waals surface area contributed by atoms with Crippen LogP contribution in [-0.4, -0.2) is 18.1 Å². The Morgan fingerprint density at radius 3 is 2.57 bits per heavy atom. The van der Waals surface area contributed by atoms with Crippen molar-refractivity contribution < 1.29 is 0 Å². The average molecular weight is 192 g/mol. The van der Waals surface area contributed by atoms with Gasteiger partial charge in [0.05, 0.1) is 0 Å². The third kappa shape index (κ3) is 1.97. The topological polar surface area (TPSA) is 36.1 Å². The highest BCUT2D eigenvalue weighted by molar-refractivity contribution is 5.46. The highest BCUT2D eigenvalue weighted by Gasteiger charge is 2.11. The minimum atomic E-state index is 0.00516. The molecule has 2 rings (SSSR count). The molecule has 1 fully saturated rings. The molecule has 0 unspecified atom stereocenters. The zero-order valence-corrected chi connectivity index (χ0v) is 8.55. The van der Waals surface area contributed by atoms with E-state index in [2.05, 4.69) is 9.88 Å². The first-order chi connectivity index (χ1) is 6.75. The van der Waals surface area contributed by atoms with Crippen LogP contribution in [0.1, 0.15) is 25.0 Å². The Morgan fingerprint density at radius 1 is 1.21 bits per heavy atom. The molecular weight excluding hydrogens is 176 g/mol. The van der Waals surface area contributed by atoms with Gasteiger partial charge in [-0.05, 0) is 32.3 Å². The predicted octanol–water partition coefficient (Wildman–Crippen LogP) is 1.67. The van der Waals surface area contributed by atoms with Gasteiger partial charge in [0.15, 0.2) is 0 Å². The van der Waals surface area contributed by atoms with Crippen molar-refractivity contribution in [2.45, 2.75) is 26.2 Å². The lowest BCUT2D eigenvalue weighted by molar-refractivity contribution is 0.577. The summed E-state index contributed by atoms with van der Waals surface area (Å²) in [6, 6.07) is 3.74. The fourth-order valence-electron chi connectivity index (χ4n) is 2.00. The number of pyridine rings is 1. The molecule has 0 amide bonds. The number of aryl methyl sites for hydroxylation is 1. The highest BCUT2D eigenvalue weighted by atomic mass is 16.1. The van der Waals surface area contributed by atoms with E-state index in [0.717, 1.165) is 24.5 Å². The van der Waals surface area contributed by atoms with Gasteiger partial charge in [-0.1, -0.05) is 0 Å². The van der Waals surface area contributed by atoms with Crippen molar-refractivity contribution in [3.8, 4) is 0 Å². The fourth-order valence-corrected chi connectivity index (χ4v) is 2.00. The molecule has 1 aliphatic rings. The summed E-state index contributed by atoms with van der Waals surface area (Å²) in [5.74, 6) is 0. The number of piperidine rings is 1. The molecule has 0 atom stereocenters. The number of H-pyrrole nitrogens is 1. The first kappa shape index (κ1) is 9.31. The van der Waals surface area contributed by atoms with E-state index in [9.17, 15) is 4.79 Å².